The maximum absolute atomic E-state index is 13.3. The molecule has 0 aliphatic rings. The number of methoxy groups -OCH3 is 2. The smallest absolute Gasteiger partial charge is 0.281 e. The van der Waals surface area contributed by atoms with Crippen LogP contribution in [0.25, 0.3) is 4.96 Å². The molecule has 0 aliphatic carbocycles. The normalized spacial score (nSPS) is 12.1. The largest absolute Gasteiger partial charge is 0.497 e. The van der Waals surface area contributed by atoms with Crippen LogP contribution in [0.3, 0.4) is 0 Å². The minimum atomic E-state index is -3.95. The van der Waals surface area contributed by atoms with Crippen molar-refractivity contribution in [3.05, 3.63) is 28.9 Å². The summed E-state index contributed by atoms with van der Waals surface area (Å²) in [5.41, 5.74) is 0.816. The SMILES string of the molecule is COc1cc(NS(=O)(=O)c2c(C(C)C)nc3sc(C(C)C)nn23)cc(OC)c1. The number of imidazole rings is 1. The molecule has 1 N–H and O–H groups in total. The molecule has 1 aromatic carbocycles. The van der Waals surface area contributed by atoms with Crippen LogP contribution in [0.2, 0.25) is 0 Å². The van der Waals surface area contributed by atoms with E-state index in [1.807, 2.05) is 27.7 Å². The van der Waals surface area contributed by atoms with Gasteiger partial charge < -0.3 is 9.47 Å². The molecular weight excluding hydrogens is 400 g/mol. The van der Waals surface area contributed by atoms with Crippen molar-refractivity contribution in [2.75, 3.05) is 18.9 Å². The first kappa shape index (κ1) is 20.4. The van der Waals surface area contributed by atoms with Gasteiger partial charge in [-0.1, -0.05) is 39.0 Å². The van der Waals surface area contributed by atoms with Crippen molar-refractivity contribution in [2.24, 2.45) is 0 Å². The minimum absolute atomic E-state index is 0.0578. The van der Waals surface area contributed by atoms with Gasteiger partial charge in [-0.25, -0.2) is 4.98 Å². The average Bonchev–Trinajstić information content (AvgIpc) is 3.18. The number of aromatic nitrogens is 3. The highest BCUT2D eigenvalue weighted by Gasteiger charge is 2.30. The highest BCUT2D eigenvalue weighted by molar-refractivity contribution is 7.92. The number of nitrogens with zero attached hydrogens (tertiary/aromatic N) is 3. The highest BCUT2D eigenvalue weighted by Crippen LogP contribution is 2.32. The van der Waals surface area contributed by atoms with Crippen molar-refractivity contribution in [1.29, 1.82) is 0 Å². The number of anilines is 1. The Labute approximate surface area is 168 Å². The number of rotatable bonds is 7. The molecule has 28 heavy (non-hydrogen) atoms. The third-order valence-corrected chi connectivity index (χ3v) is 6.71. The lowest BCUT2D eigenvalue weighted by Crippen LogP contribution is -2.18. The molecule has 0 radical (unpaired) electrons. The minimum Gasteiger partial charge on any atom is -0.497 e. The number of nitrogens with one attached hydrogen (secondary N) is 1. The zero-order chi connectivity index (χ0) is 20.6. The van der Waals surface area contributed by atoms with E-state index in [1.165, 1.54) is 30.1 Å². The van der Waals surface area contributed by atoms with Crippen molar-refractivity contribution < 1.29 is 17.9 Å². The lowest BCUT2D eigenvalue weighted by molar-refractivity contribution is 0.395. The Morgan fingerprint density at radius 3 is 2.14 bits per heavy atom. The lowest BCUT2D eigenvalue weighted by Gasteiger charge is -2.12. The van der Waals surface area contributed by atoms with Crippen LogP contribution in [0.4, 0.5) is 5.69 Å². The molecule has 2 aromatic heterocycles. The molecular formula is C18H24N4O4S2. The van der Waals surface area contributed by atoms with E-state index in [0.717, 1.165) is 5.01 Å². The zero-order valence-electron chi connectivity index (χ0n) is 16.7. The van der Waals surface area contributed by atoms with Crippen LogP contribution < -0.4 is 14.2 Å². The Hall–Kier alpha value is -2.33. The van der Waals surface area contributed by atoms with Crippen molar-refractivity contribution in [3.63, 3.8) is 0 Å². The molecule has 0 amide bonds. The van der Waals surface area contributed by atoms with E-state index in [2.05, 4.69) is 14.8 Å². The Kier molecular flexibility index (Phi) is 5.53. The van der Waals surface area contributed by atoms with Crippen LogP contribution in [-0.4, -0.2) is 37.2 Å². The Morgan fingerprint density at radius 1 is 1.04 bits per heavy atom. The molecule has 0 saturated carbocycles. The standard InChI is InChI=1S/C18H24N4O4S2/c1-10(2)15-17(22-18(19-15)27-16(20-22)11(3)4)28(23,24)21-12-7-13(25-5)9-14(8-12)26-6/h7-11,21H,1-6H3. The second-order valence-corrected chi connectivity index (χ2v) is 9.54. The Balaban J connectivity index is 2.13. The van der Waals surface area contributed by atoms with Crippen molar-refractivity contribution in [2.45, 2.75) is 44.6 Å². The van der Waals surface area contributed by atoms with E-state index in [1.54, 1.807) is 18.2 Å². The predicted molar refractivity (Wildman–Crippen MR) is 109 cm³/mol. The van der Waals surface area contributed by atoms with Gasteiger partial charge in [-0.3, -0.25) is 4.72 Å². The molecule has 0 saturated heterocycles. The summed E-state index contributed by atoms with van der Waals surface area (Å²) in [5.74, 6) is 1.06. The van der Waals surface area contributed by atoms with Gasteiger partial charge in [0.15, 0.2) is 0 Å². The molecule has 0 unspecified atom stereocenters. The molecule has 0 fully saturated rings. The van der Waals surface area contributed by atoms with Crippen LogP contribution in [0, 0.1) is 0 Å². The first-order valence-corrected chi connectivity index (χ1v) is 11.1. The summed E-state index contributed by atoms with van der Waals surface area (Å²) in [6.07, 6.45) is 0. The van der Waals surface area contributed by atoms with E-state index in [0.29, 0.717) is 27.8 Å². The second kappa shape index (κ2) is 7.59. The number of fused-ring (bicyclic) bond motifs is 1. The molecule has 0 atom stereocenters. The van der Waals surface area contributed by atoms with Gasteiger partial charge in [0.1, 0.15) is 16.5 Å². The first-order valence-electron chi connectivity index (χ1n) is 8.81. The fraction of sp³-hybridized carbons (Fsp3) is 0.444. The second-order valence-electron chi connectivity index (χ2n) is 6.95. The lowest BCUT2D eigenvalue weighted by atomic mass is 10.2. The summed E-state index contributed by atoms with van der Waals surface area (Å²) in [5, 5.41) is 5.38. The van der Waals surface area contributed by atoms with Crippen molar-refractivity contribution >= 4 is 32.0 Å². The van der Waals surface area contributed by atoms with Crippen LogP contribution >= 0.6 is 11.3 Å². The molecule has 152 valence electrons. The monoisotopic (exact) mass is 424 g/mol. The summed E-state index contributed by atoms with van der Waals surface area (Å²) < 4.78 is 41.1. The molecule has 0 aliphatic heterocycles. The van der Waals surface area contributed by atoms with Gasteiger partial charge in [-0.15, -0.1) is 0 Å². The van der Waals surface area contributed by atoms with Crippen molar-refractivity contribution in [3.8, 4) is 11.5 Å². The van der Waals surface area contributed by atoms with Gasteiger partial charge >= 0.3 is 0 Å². The van der Waals surface area contributed by atoms with Crippen LogP contribution in [0.1, 0.15) is 50.2 Å². The first-order chi connectivity index (χ1) is 13.2. The number of ether oxygens (including phenoxy) is 2. The highest BCUT2D eigenvalue weighted by atomic mass is 32.2. The number of hydrogen-bond acceptors (Lipinski definition) is 7. The summed E-state index contributed by atoms with van der Waals surface area (Å²) in [6.45, 7) is 7.83. The Bertz CT molecular complexity index is 1080. The van der Waals surface area contributed by atoms with E-state index in [4.69, 9.17) is 9.47 Å². The van der Waals surface area contributed by atoms with Crippen molar-refractivity contribution in [1.82, 2.24) is 14.6 Å². The van der Waals surface area contributed by atoms with E-state index >= 15 is 0 Å². The maximum Gasteiger partial charge on any atom is 0.281 e. The summed E-state index contributed by atoms with van der Waals surface area (Å²) in [7, 11) is -0.937. The summed E-state index contributed by atoms with van der Waals surface area (Å²) in [4.78, 5) is 5.11. The number of benzene rings is 1. The quantitative estimate of drug-likeness (QED) is 0.619. The van der Waals surface area contributed by atoms with Crippen LogP contribution in [-0.2, 0) is 10.0 Å². The Morgan fingerprint density at radius 2 is 1.64 bits per heavy atom. The molecule has 10 heteroatoms. The van der Waals surface area contributed by atoms with E-state index in [-0.39, 0.29) is 16.9 Å². The van der Waals surface area contributed by atoms with Crippen LogP contribution in [0.15, 0.2) is 23.2 Å². The molecule has 2 heterocycles. The topological polar surface area (TPSA) is 94.8 Å². The number of hydrogen-bond donors (Lipinski definition) is 1. The fourth-order valence-corrected chi connectivity index (χ4v) is 5.09. The van der Waals surface area contributed by atoms with Gasteiger partial charge in [0.2, 0.25) is 9.99 Å². The van der Waals surface area contributed by atoms with E-state index < -0.39 is 10.0 Å². The van der Waals surface area contributed by atoms with Gasteiger partial charge in [-0.05, 0) is 5.92 Å². The van der Waals surface area contributed by atoms with Crippen LogP contribution in [0.5, 0.6) is 11.5 Å². The van der Waals surface area contributed by atoms with Gasteiger partial charge in [0.25, 0.3) is 10.0 Å². The predicted octanol–water partition coefficient (Wildman–Crippen LogP) is 3.86. The molecule has 3 rings (SSSR count). The molecule has 3 aromatic rings. The van der Waals surface area contributed by atoms with Gasteiger partial charge in [0, 0.05) is 24.1 Å². The van der Waals surface area contributed by atoms with Gasteiger partial charge in [-0.2, -0.15) is 18.0 Å². The number of sulfonamides is 1. The fourth-order valence-electron chi connectivity index (χ4n) is 2.69. The summed E-state index contributed by atoms with van der Waals surface area (Å²) >= 11 is 1.40. The average molecular weight is 425 g/mol. The third-order valence-electron chi connectivity index (χ3n) is 4.10. The summed E-state index contributed by atoms with van der Waals surface area (Å²) in [6, 6.07) is 4.85. The third kappa shape index (κ3) is 3.79. The molecule has 0 spiro atoms. The van der Waals surface area contributed by atoms with E-state index in [9.17, 15) is 8.42 Å². The maximum atomic E-state index is 13.3. The van der Waals surface area contributed by atoms with Gasteiger partial charge in [0.05, 0.1) is 25.6 Å². The molecule has 8 nitrogen and oxygen atoms in total. The molecule has 0 bridgehead atoms. The zero-order valence-corrected chi connectivity index (χ0v) is 18.3.